The molecule has 2 aromatic heterocycles. The fraction of sp³-hybridized carbons (Fsp3) is 0. The predicted molar refractivity (Wildman–Crippen MR) is 38.4 cm³/mol. The van der Waals surface area contributed by atoms with E-state index in [0.717, 1.165) is 0 Å². The molecule has 0 spiro atoms. The number of aromatic nitrogens is 6. The molecule has 0 unspecified atom stereocenters. The number of H-pyrrole nitrogens is 2. The molecule has 7 nitrogen and oxygen atoms in total. The highest BCUT2D eigenvalue weighted by atomic mass is 35.5. The van der Waals surface area contributed by atoms with E-state index in [4.69, 9.17) is 16.7 Å². The zero-order valence-electron chi connectivity index (χ0n) is 5.61. The van der Waals surface area contributed by atoms with Gasteiger partial charge < -0.3 is 10.1 Å². The van der Waals surface area contributed by atoms with E-state index in [1.54, 1.807) is 0 Å². The van der Waals surface area contributed by atoms with E-state index >= 15 is 0 Å². The largest absolute Gasteiger partial charge is 0.491 e. The molecule has 0 atom stereocenters. The van der Waals surface area contributed by atoms with Gasteiger partial charge >= 0.3 is 0 Å². The van der Waals surface area contributed by atoms with Crippen molar-refractivity contribution in [3.05, 3.63) is 5.15 Å². The monoisotopic (exact) mass is 186 g/mol. The van der Waals surface area contributed by atoms with Crippen molar-refractivity contribution < 1.29 is 5.11 Å². The van der Waals surface area contributed by atoms with Gasteiger partial charge in [-0.3, -0.25) is 0 Å². The molecule has 0 aliphatic heterocycles. The van der Waals surface area contributed by atoms with Gasteiger partial charge in [-0.1, -0.05) is 11.6 Å². The second-order valence-electron chi connectivity index (χ2n) is 1.96. The van der Waals surface area contributed by atoms with E-state index in [2.05, 4.69) is 30.6 Å². The van der Waals surface area contributed by atoms with Crippen LogP contribution in [0.4, 0.5) is 0 Å². The minimum absolute atomic E-state index is 0.0507. The zero-order valence-corrected chi connectivity index (χ0v) is 6.37. The summed E-state index contributed by atoms with van der Waals surface area (Å²) in [7, 11) is 0. The summed E-state index contributed by atoms with van der Waals surface area (Å²) in [4.78, 5) is 6.20. The maximum Gasteiger partial charge on any atom is 0.249 e. The summed E-state index contributed by atoms with van der Waals surface area (Å²) in [6.07, 6.45) is 0. The van der Waals surface area contributed by atoms with Gasteiger partial charge in [0.25, 0.3) is 0 Å². The summed E-state index contributed by atoms with van der Waals surface area (Å²) in [5, 5.41) is 21.8. The lowest BCUT2D eigenvalue weighted by Crippen LogP contribution is -1.82. The van der Waals surface area contributed by atoms with Crippen molar-refractivity contribution in [2.75, 3.05) is 0 Å². The van der Waals surface area contributed by atoms with Gasteiger partial charge in [-0.05, 0) is 5.21 Å². The van der Waals surface area contributed by atoms with Crippen molar-refractivity contribution in [2.24, 2.45) is 0 Å². The van der Waals surface area contributed by atoms with E-state index in [-0.39, 0.29) is 22.7 Å². The van der Waals surface area contributed by atoms with Crippen LogP contribution in [0.1, 0.15) is 0 Å². The topological polar surface area (TPSA) is 103 Å². The summed E-state index contributed by atoms with van der Waals surface area (Å²) >= 11 is 5.49. The number of hydrogen-bond acceptors (Lipinski definition) is 5. The number of nitrogens with zero attached hydrogens (tertiary/aromatic N) is 4. The maximum atomic E-state index is 8.98. The highest BCUT2D eigenvalue weighted by Gasteiger charge is 2.11. The summed E-state index contributed by atoms with van der Waals surface area (Å²) in [6, 6.07) is 0. The van der Waals surface area contributed by atoms with Crippen molar-refractivity contribution in [2.45, 2.75) is 0 Å². The Kier molecular flexibility index (Phi) is 1.44. The molecule has 0 radical (unpaired) electrons. The molecule has 0 bridgehead atoms. The molecule has 62 valence electrons. The van der Waals surface area contributed by atoms with Crippen molar-refractivity contribution in [1.82, 2.24) is 30.6 Å². The van der Waals surface area contributed by atoms with Crippen LogP contribution in [0, 0.1) is 0 Å². The number of aromatic amines is 2. The van der Waals surface area contributed by atoms with Gasteiger partial charge in [0.05, 0.1) is 0 Å². The van der Waals surface area contributed by atoms with E-state index in [0.29, 0.717) is 0 Å². The first-order valence-electron chi connectivity index (χ1n) is 2.95. The van der Waals surface area contributed by atoms with Gasteiger partial charge in [0, 0.05) is 0 Å². The third-order valence-electron chi connectivity index (χ3n) is 1.20. The van der Waals surface area contributed by atoms with Gasteiger partial charge in [0.1, 0.15) is 0 Å². The minimum atomic E-state index is -0.281. The molecule has 0 amide bonds. The predicted octanol–water partition coefficient (Wildman–Crippen LogP) is -0.0512. The standard InChI is InChI=1S/C4H3ClN6O/c5-1-4(12)7-2(6-1)3-8-10-11-9-3/h12H,(H,6,7)(H,8,9,10,11). The molecule has 0 aromatic carbocycles. The average molecular weight is 187 g/mol. The Morgan fingerprint density at radius 3 is 2.75 bits per heavy atom. The Bertz CT molecular complexity index is 361. The molecular weight excluding hydrogens is 184 g/mol. The Hall–Kier alpha value is -1.63. The Labute approximate surface area is 70.8 Å². The van der Waals surface area contributed by atoms with Gasteiger partial charge in [0.15, 0.2) is 11.0 Å². The summed E-state index contributed by atoms with van der Waals surface area (Å²) in [6.45, 7) is 0. The lowest BCUT2D eigenvalue weighted by Gasteiger charge is -1.80. The number of hydrogen-bond donors (Lipinski definition) is 3. The molecule has 0 aliphatic carbocycles. The molecule has 2 aromatic rings. The van der Waals surface area contributed by atoms with Gasteiger partial charge in [-0.25, -0.2) is 0 Å². The van der Waals surface area contributed by atoms with Gasteiger partial charge in [-0.15, -0.1) is 10.2 Å². The average Bonchev–Trinajstić information content (AvgIpc) is 2.61. The lowest BCUT2D eigenvalue weighted by molar-refractivity contribution is 0.457. The lowest BCUT2D eigenvalue weighted by atomic mass is 10.6. The van der Waals surface area contributed by atoms with Gasteiger partial charge in [-0.2, -0.15) is 10.2 Å². The first-order valence-corrected chi connectivity index (χ1v) is 3.33. The molecule has 0 aliphatic rings. The van der Waals surface area contributed by atoms with Crippen molar-refractivity contribution in [3.63, 3.8) is 0 Å². The first kappa shape index (κ1) is 7.04. The highest BCUT2D eigenvalue weighted by molar-refractivity contribution is 6.30. The Balaban J connectivity index is 2.48. The molecule has 2 rings (SSSR count). The fourth-order valence-corrected chi connectivity index (χ4v) is 0.843. The highest BCUT2D eigenvalue weighted by Crippen LogP contribution is 2.22. The van der Waals surface area contributed by atoms with Crippen LogP contribution in [-0.4, -0.2) is 35.7 Å². The van der Waals surface area contributed by atoms with Crippen LogP contribution in [0.3, 0.4) is 0 Å². The molecule has 12 heavy (non-hydrogen) atoms. The molecule has 8 heteroatoms. The number of nitrogens with one attached hydrogen (secondary N) is 2. The number of tetrazole rings is 1. The molecule has 0 saturated carbocycles. The summed E-state index contributed by atoms with van der Waals surface area (Å²) < 4.78 is 0. The fourth-order valence-electron chi connectivity index (χ4n) is 0.711. The SMILES string of the molecule is Oc1nc(-c2nn[nH]n2)[nH]c1Cl. The maximum absolute atomic E-state index is 8.98. The summed E-state index contributed by atoms with van der Waals surface area (Å²) in [5.41, 5.74) is 0. The summed E-state index contributed by atoms with van der Waals surface area (Å²) in [5.74, 6) is 0.236. The molecule has 0 saturated heterocycles. The number of aromatic hydroxyl groups is 1. The second-order valence-corrected chi connectivity index (χ2v) is 2.34. The third kappa shape index (κ3) is 0.996. The van der Waals surface area contributed by atoms with Crippen molar-refractivity contribution in [1.29, 1.82) is 0 Å². The molecule has 0 fully saturated rings. The zero-order chi connectivity index (χ0) is 8.55. The van der Waals surface area contributed by atoms with Crippen molar-refractivity contribution in [3.8, 4) is 17.5 Å². The van der Waals surface area contributed by atoms with Crippen LogP contribution in [-0.2, 0) is 0 Å². The Morgan fingerprint density at radius 2 is 2.25 bits per heavy atom. The van der Waals surface area contributed by atoms with E-state index in [1.165, 1.54) is 0 Å². The quantitative estimate of drug-likeness (QED) is 0.579. The Morgan fingerprint density at radius 1 is 1.42 bits per heavy atom. The van der Waals surface area contributed by atoms with Crippen LogP contribution in [0.5, 0.6) is 5.88 Å². The van der Waals surface area contributed by atoms with E-state index in [9.17, 15) is 0 Å². The van der Waals surface area contributed by atoms with Crippen LogP contribution in [0.25, 0.3) is 11.6 Å². The molecule has 3 N–H and O–H groups in total. The van der Waals surface area contributed by atoms with Crippen LogP contribution in [0.2, 0.25) is 5.15 Å². The van der Waals surface area contributed by atoms with Crippen LogP contribution < -0.4 is 0 Å². The minimum Gasteiger partial charge on any atom is -0.491 e. The third-order valence-corrected chi connectivity index (χ3v) is 1.46. The van der Waals surface area contributed by atoms with Crippen LogP contribution >= 0.6 is 11.6 Å². The number of imidazole rings is 1. The molecular formula is C4H3ClN6O. The van der Waals surface area contributed by atoms with Gasteiger partial charge in [0.2, 0.25) is 11.7 Å². The number of rotatable bonds is 1. The van der Waals surface area contributed by atoms with Crippen molar-refractivity contribution >= 4 is 11.6 Å². The van der Waals surface area contributed by atoms with E-state index in [1.807, 2.05) is 0 Å². The molecule has 2 heterocycles. The van der Waals surface area contributed by atoms with E-state index < -0.39 is 0 Å². The number of halogens is 1. The van der Waals surface area contributed by atoms with Crippen LogP contribution in [0.15, 0.2) is 0 Å². The first-order chi connectivity index (χ1) is 5.77. The normalized spacial score (nSPS) is 10.4. The second kappa shape index (κ2) is 2.45. The smallest absolute Gasteiger partial charge is 0.249 e.